The van der Waals surface area contributed by atoms with Crippen molar-refractivity contribution in [2.75, 3.05) is 0 Å². The second kappa shape index (κ2) is 13.2. The maximum absolute atomic E-state index is 6.35. The quantitative estimate of drug-likeness (QED) is 0.133. The van der Waals surface area contributed by atoms with Gasteiger partial charge in [-0.15, -0.1) is 0 Å². The van der Waals surface area contributed by atoms with Gasteiger partial charge in [-0.3, -0.25) is 13.8 Å². The van der Waals surface area contributed by atoms with Crippen molar-refractivity contribution in [3.05, 3.63) is 79.6 Å². The smallest absolute Gasteiger partial charge is 0.185 e. The van der Waals surface area contributed by atoms with Crippen molar-refractivity contribution < 1.29 is 0 Å². The molecule has 238 valence electrons. The molecule has 0 saturated carbocycles. The number of rotatable bonds is 9. The van der Waals surface area contributed by atoms with Crippen LogP contribution in [0.15, 0.2) is 36.7 Å². The second-order valence-electron chi connectivity index (χ2n) is 13.6. The molecular weight excluding hydrogens is 598 g/mol. The molecule has 0 aliphatic carbocycles. The van der Waals surface area contributed by atoms with Crippen molar-refractivity contribution in [3.8, 4) is 11.4 Å². The summed E-state index contributed by atoms with van der Waals surface area (Å²) < 4.78 is 13.7. The zero-order valence-electron chi connectivity index (χ0n) is 29.3. The lowest BCUT2D eigenvalue weighted by Gasteiger charge is -2.38. The third-order valence-corrected chi connectivity index (χ3v) is 12.0. The molecule has 4 rings (SSSR count). The van der Waals surface area contributed by atoms with Gasteiger partial charge in [0, 0.05) is 36.6 Å². The highest BCUT2D eigenvalue weighted by Crippen LogP contribution is 2.45. The Kier molecular flexibility index (Phi) is 10.4. The number of hydrogen-bond acceptors (Lipinski definition) is 3. The van der Waals surface area contributed by atoms with E-state index in [1.165, 1.54) is 55.6 Å². The van der Waals surface area contributed by atoms with Crippen LogP contribution < -0.4 is 10.9 Å². The van der Waals surface area contributed by atoms with Gasteiger partial charge in [-0.05, 0) is 144 Å². The molecule has 0 N–H and O–H groups in total. The predicted octanol–water partition coefficient (Wildman–Crippen LogP) is 9.81. The molecule has 0 radical (unpaired) electrons. The largest absolute Gasteiger partial charge is 0.320 e. The molecule has 0 amide bonds. The fourth-order valence-corrected chi connectivity index (χ4v) is 10.7. The summed E-state index contributed by atoms with van der Waals surface area (Å²) >= 11 is 12.7. The Balaban J connectivity index is 2.26. The molecule has 2 heterocycles. The van der Waals surface area contributed by atoms with E-state index in [9.17, 15) is 0 Å². The number of imidazole rings is 2. The minimum atomic E-state index is -1.10. The lowest BCUT2D eigenvalue weighted by molar-refractivity contribution is 0.327. The Hall–Kier alpha value is -2.31. The van der Waals surface area contributed by atoms with Crippen LogP contribution in [0.5, 0.6) is 0 Å². The third kappa shape index (κ3) is 6.23. The van der Waals surface area contributed by atoms with E-state index in [1.807, 2.05) is 0 Å². The Labute approximate surface area is 277 Å². The highest BCUT2D eigenvalue weighted by atomic mass is 32.1. The minimum absolute atomic E-state index is 0.223. The van der Waals surface area contributed by atoms with Gasteiger partial charge in [0.15, 0.2) is 9.54 Å². The first-order valence-electron chi connectivity index (χ1n) is 15.9. The van der Waals surface area contributed by atoms with E-state index in [0.717, 1.165) is 9.54 Å². The first-order chi connectivity index (χ1) is 20.5. The minimum Gasteiger partial charge on any atom is -0.320 e. The average Bonchev–Trinajstić information content (AvgIpc) is 3.38. The van der Waals surface area contributed by atoms with E-state index >= 15 is 0 Å². The number of hydrogen-bond donors (Lipinski definition) is 0. The molecule has 0 bridgehead atoms. The maximum atomic E-state index is 6.35. The van der Waals surface area contributed by atoms with Crippen LogP contribution in [0.4, 0.5) is 0 Å². The lowest BCUT2D eigenvalue weighted by Crippen LogP contribution is -2.41. The molecule has 2 aromatic heterocycles. The van der Waals surface area contributed by atoms with Crippen molar-refractivity contribution in [2.45, 2.75) is 121 Å². The molecular formula is C36H52N5PS2. The standard InChI is InChI=1S/C36H52N5PS2/c1-21(2)37-19-31(39(35(37)43)33-27(11)15-25(9)16-28(33)12)42(41(23(5)6)24(7)8)32-20-38(22(3)4)36(44)40(32)34-29(13)17-26(10)18-30(34)14/h15-24H,1-14H3. The molecule has 8 heteroatoms. The number of aromatic nitrogens is 4. The highest BCUT2D eigenvalue weighted by Gasteiger charge is 2.36. The number of nitrogens with zero attached hydrogens (tertiary/aromatic N) is 5. The molecule has 4 aromatic rings. The van der Waals surface area contributed by atoms with E-state index in [2.05, 4.69) is 157 Å². The molecule has 0 aliphatic heterocycles. The van der Waals surface area contributed by atoms with Crippen LogP contribution in [-0.4, -0.2) is 35.0 Å². The van der Waals surface area contributed by atoms with Crippen LogP contribution in [0.3, 0.4) is 0 Å². The van der Waals surface area contributed by atoms with Crippen LogP contribution in [0, 0.1) is 51.1 Å². The van der Waals surface area contributed by atoms with Gasteiger partial charge in [-0.1, -0.05) is 35.4 Å². The van der Waals surface area contributed by atoms with Crippen LogP contribution in [0.2, 0.25) is 0 Å². The van der Waals surface area contributed by atoms with E-state index in [0.29, 0.717) is 0 Å². The number of aryl methyl sites for hydroxylation is 6. The zero-order chi connectivity index (χ0) is 32.9. The monoisotopic (exact) mass is 649 g/mol. The molecule has 0 fully saturated rings. The van der Waals surface area contributed by atoms with Crippen LogP contribution >= 0.6 is 32.5 Å². The van der Waals surface area contributed by atoms with E-state index < -0.39 is 8.07 Å². The van der Waals surface area contributed by atoms with Gasteiger partial charge in [0.1, 0.15) is 0 Å². The molecule has 0 aliphatic rings. The fraction of sp³-hybridized carbons (Fsp3) is 0.500. The first kappa shape index (κ1) is 34.6. The van der Waals surface area contributed by atoms with E-state index in [4.69, 9.17) is 24.4 Å². The molecule has 0 saturated heterocycles. The molecule has 44 heavy (non-hydrogen) atoms. The summed E-state index contributed by atoms with van der Waals surface area (Å²) in [5, 5.41) is 0. The maximum Gasteiger partial charge on any atom is 0.185 e. The topological polar surface area (TPSA) is 23.0 Å². The number of benzene rings is 2. The lowest BCUT2D eigenvalue weighted by atomic mass is 10.1. The third-order valence-electron chi connectivity index (χ3n) is 8.35. The second-order valence-corrected chi connectivity index (χ2v) is 16.3. The van der Waals surface area contributed by atoms with Gasteiger partial charge in [0.2, 0.25) is 0 Å². The van der Waals surface area contributed by atoms with Crippen LogP contribution in [-0.2, 0) is 0 Å². The average molecular weight is 650 g/mol. The Morgan fingerprint density at radius 1 is 0.545 bits per heavy atom. The SMILES string of the molecule is Cc1cc(C)c(-n2c(P(c3cn(C(C)C)c(=S)n3-c3c(C)cc(C)cc3C)N(C(C)C)C(C)C)cn(C(C)C)c2=S)c(C)c1. The van der Waals surface area contributed by atoms with Crippen LogP contribution in [0.1, 0.15) is 101 Å². The van der Waals surface area contributed by atoms with Gasteiger partial charge >= 0.3 is 0 Å². The van der Waals surface area contributed by atoms with Gasteiger partial charge in [-0.2, -0.15) is 0 Å². The van der Waals surface area contributed by atoms with E-state index in [1.54, 1.807) is 0 Å². The van der Waals surface area contributed by atoms with Gasteiger partial charge in [0.05, 0.1) is 30.3 Å². The van der Waals surface area contributed by atoms with Gasteiger partial charge < -0.3 is 9.13 Å². The molecule has 0 unspecified atom stereocenters. The normalized spacial score (nSPS) is 12.4. The Morgan fingerprint density at radius 3 is 1.09 bits per heavy atom. The van der Waals surface area contributed by atoms with Crippen molar-refractivity contribution in [3.63, 3.8) is 0 Å². The van der Waals surface area contributed by atoms with Gasteiger partial charge in [0.25, 0.3) is 0 Å². The summed E-state index contributed by atoms with van der Waals surface area (Å²) in [6, 6.07) is 10.1. The summed E-state index contributed by atoms with van der Waals surface area (Å²) in [4.78, 5) is 0. The summed E-state index contributed by atoms with van der Waals surface area (Å²) in [6.07, 6.45) is 4.67. The highest BCUT2D eigenvalue weighted by molar-refractivity contribution is 7.72. The summed E-state index contributed by atoms with van der Waals surface area (Å²) in [7, 11) is -1.10. The van der Waals surface area contributed by atoms with Crippen molar-refractivity contribution in [2.24, 2.45) is 0 Å². The van der Waals surface area contributed by atoms with Crippen molar-refractivity contribution >= 4 is 43.4 Å². The summed E-state index contributed by atoms with van der Waals surface area (Å²) in [5.41, 5.74) is 12.3. The van der Waals surface area contributed by atoms with Crippen molar-refractivity contribution in [1.29, 1.82) is 0 Å². The molecule has 0 spiro atoms. The summed E-state index contributed by atoms with van der Waals surface area (Å²) in [6.45, 7) is 31.4. The molecule has 2 aromatic carbocycles. The van der Waals surface area contributed by atoms with Crippen LogP contribution in [0.25, 0.3) is 11.4 Å². The first-order valence-corrected chi connectivity index (χ1v) is 18.0. The zero-order valence-corrected chi connectivity index (χ0v) is 31.8. The Morgan fingerprint density at radius 2 is 0.841 bits per heavy atom. The predicted molar refractivity (Wildman–Crippen MR) is 197 cm³/mol. The fourth-order valence-electron chi connectivity index (χ4n) is 6.82. The van der Waals surface area contributed by atoms with E-state index in [-0.39, 0.29) is 24.2 Å². The molecule has 0 atom stereocenters. The Bertz CT molecular complexity index is 1620. The summed E-state index contributed by atoms with van der Waals surface area (Å²) in [5.74, 6) is 0. The van der Waals surface area contributed by atoms with Crippen molar-refractivity contribution in [1.82, 2.24) is 22.9 Å². The van der Waals surface area contributed by atoms with Gasteiger partial charge in [-0.25, -0.2) is 0 Å². The molecule has 5 nitrogen and oxygen atoms in total.